The minimum absolute atomic E-state index is 0.538. The van der Waals surface area contributed by atoms with Crippen LogP contribution in [0.5, 0.6) is 0 Å². The van der Waals surface area contributed by atoms with Crippen LogP contribution in [0.25, 0.3) is 0 Å². The summed E-state index contributed by atoms with van der Waals surface area (Å²) < 4.78 is 1.24. The van der Waals surface area contributed by atoms with Gasteiger partial charge in [-0.1, -0.05) is 36.8 Å². The molecule has 0 spiro atoms. The van der Waals surface area contributed by atoms with Gasteiger partial charge in [0.05, 0.1) is 0 Å². The van der Waals surface area contributed by atoms with Crippen LogP contribution in [0.4, 0.5) is 0 Å². The van der Waals surface area contributed by atoms with Gasteiger partial charge in [0.2, 0.25) is 0 Å². The van der Waals surface area contributed by atoms with Crippen LogP contribution in [0.15, 0.2) is 40.2 Å². The van der Waals surface area contributed by atoms with Crippen LogP contribution in [0.3, 0.4) is 0 Å². The molecule has 0 amide bonds. The zero-order chi connectivity index (χ0) is 13.7. The number of nitrogens with one attached hydrogen (secondary N) is 1. The number of hydrogen-bond acceptors (Lipinski definition) is 2. The van der Waals surface area contributed by atoms with Gasteiger partial charge in [0, 0.05) is 21.8 Å². The normalized spacial score (nSPS) is 12.6. The lowest BCUT2D eigenvalue weighted by atomic mass is 9.94. The number of rotatable bonds is 6. The molecule has 0 fully saturated rings. The van der Waals surface area contributed by atoms with E-state index in [0.29, 0.717) is 5.92 Å². The number of aryl methyl sites for hydroxylation is 1. The standard InChI is InChI=1S/C16H20BrNS/c1-3-18-11-14(10-16-15(17)8-9-19-16)13-6-4-12(2)5-7-13/h4-9,14,18H,3,10-11H2,1-2H3. The molecule has 1 unspecified atom stereocenters. The molecule has 1 aromatic carbocycles. The molecule has 1 nitrogen and oxygen atoms in total. The average molecular weight is 338 g/mol. The molecule has 3 heteroatoms. The lowest BCUT2D eigenvalue weighted by Gasteiger charge is -2.17. The lowest BCUT2D eigenvalue weighted by molar-refractivity contribution is 0.597. The van der Waals surface area contributed by atoms with Crippen molar-refractivity contribution in [1.29, 1.82) is 0 Å². The summed E-state index contributed by atoms with van der Waals surface area (Å²) in [5.74, 6) is 0.538. The zero-order valence-electron chi connectivity index (χ0n) is 11.4. The largest absolute Gasteiger partial charge is 0.316 e. The fourth-order valence-electron chi connectivity index (χ4n) is 2.16. The van der Waals surface area contributed by atoms with Gasteiger partial charge < -0.3 is 5.32 Å². The monoisotopic (exact) mass is 337 g/mol. The van der Waals surface area contributed by atoms with Crippen LogP contribution < -0.4 is 5.32 Å². The van der Waals surface area contributed by atoms with Crippen molar-refractivity contribution in [3.63, 3.8) is 0 Å². The van der Waals surface area contributed by atoms with Crippen molar-refractivity contribution in [3.8, 4) is 0 Å². The van der Waals surface area contributed by atoms with Gasteiger partial charge in [-0.25, -0.2) is 0 Å². The van der Waals surface area contributed by atoms with Gasteiger partial charge in [-0.3, -0.25) is 0 Å². The summed E-state index contributed by atoms with van der Waals surface area (Å²) >= 11 is 5.47. The Labute approximate surface area is 128 Å². The minimum Gasteiger partial charge on any atom is -0.316 e. The van der Waals surface area contributed by atoms with Crippen molar-refractivity contribution in [2.75, 3.05) is 13.1 Å². The fraction of sp³-hybridized carbons (Fsp3) is 0.375. The SMILES string of the molecule is CCNCC(Cc1sccc1Br)c1ccc(C)cc1. The molecular weight excluding hydrogens is 318 g/mol. The van der Waals surface area contributed by atoms with Crippen LogP contribution in [-0.2, 0) is 6.42 Å². The summed E-state index contributed by atoms with van der Waals surface area (Å²) in [6, 6.07) is 11.1. The predicted molar refractivity (Wildman–Crippen MR) is 88.2 cm³/mol. The van der Waals surface area contributed by atoms with E-state index in [4.69, 9.17) is 0 Å². The molecule has 19 heavy (non-hydrogen) atoms. The second-order valence-electron chi connectivity index (χ2n) is 4.81. The van der Waals surface area contributed by atoms with Crippen molar-refractivity contribution < 1.29 is 0 Å². The molecule has 0 aliphatic carbocycles. The fourth-order valence-corrected chi connectivity index (χ4v) is 3.76. The summed E-state index contributed by atoms with van der Waals surface area (Å²) in [7, 11) is 0. The quantitative estimate of drug-likeness (QED) is 0.801. The second-order valence-corrected chi connectivity index (χ2v) is 6.67. The van der Waals surface area contributed by atoms with Gasteiger partial charge in [0.25, 0.3) is 0 Å². The van der Waals surface area contributed by atoms with Crippen LogP contribution in [0.1, 0.15) is 28.8 Å². The second kappa shape index (κ2) is 7.22. The Kier molecular flexibility index (Phi) is 5.61. The molecule has 0 saturated carbocycles. The molecule has 2 rings (SSSR count). The highest BCUT2D eigenvalue weighted by Crippen LogP contribution is 2.29. The maximum Gasteiger partial charge on any atom is 0.0314 e. The van der Waals surface area contributed by atoms with Gasteiger partial charge in [-0.15, -0.1) is 11.3 Å². The van der Waals surface area contributed by atoms with Gasteiger partial charge >= 0.3 is 0 Å². The Morgan fingerprint density at radius 3 is 2.53 bits per heavy atom. The third kappa shape index (κ3) is 4.16. The lowest BCUT2D eigenvalue weighted by Crippen LogP contribution is -2.22. The van der Waals surface area contributed by atoms with E-state index in [1.54, 1.807) is 0 Å². The summed E-state index contributed by atoms with van der Waals surface area (Å²) in [6.07, 6.45) is 1.09. The number of thiophene rings is 1. The third-order valence-electron chi connectivity index (χ3n) is 3.31. The van der Waals surface area contributed by atoms with Crippen LogP contribution in [0.2, 0.25) is 0 Å². The van der Waals surface area contributed by atoms with Crippen molar-refractivity contribution in [3.05, 3.63) is 56.2 Å². The maximum absolute atomic E-state index is 3.64. The van der Waals surface area contributed by atoms with Crippen LogP contribution in [0, 0.1) is 6.92 Å². The molecule has 1 N–H and O–H groups in total. The molecule has 0 radical (unpaired) electrons. The summed E-state index contributed by atoms with van der Waals surface area (Å²) in [5.41, 5.74) is 2.75. The topological polar surface area (TPSA) is 12.0 Å². The Bertz CT molecular complexity index is 504. The van der Waals surface area contributed by atoms with Crippen molar-refractivity contribution in [2.45, 2.75) is 26.2 Å². The molecular formula is C16H20BrNS. The highest BCUT2D eigenvalue weighted by Gasteiger charge is 2.14. The first kappa shape index (κ1) is 14.8. The van der Waals surface area contributed by atoms with E-state index in [2.05, 4.69) is 70.8 Å². The minimum atomic E-state index is 0.538. The summed E-state index contributed by atoms with van der Waals surface area (Å²) in [5, 5.41) is 5.63. The van der Waals surface area contributed by atoms with E-state index in [9.17, 15) is 0 Å². The predicted octanol–water partition coefficient (Wildman–Crippen LogP) is 4.75. The van der Waals surface area contributed by atoms with Crippen molar-refractivity contribution in [1.82, 2.24) is 5.32 Å². The van der Waals surface area contributed by atoms with E-state index in [0.717, 1.165) is 19.5 Å². The summed E-state index contributed by atoms with van der Waals surface area (Å²) in [6.45, 7) is 6.35. The average Bonchev–Trinajstić information content (AvgIpc) is 2.81. The zero-order valence-corrected chi connectivity index (χ0v) is 13.9. The number of likely N-dealkylation sites (N-methyl/N-ethyl adjacent to an activating group) is 1. The van der Waals surface area contributed by atoms with Gasteiger partial charge in [-0.05, 0) is 52.8 Å². The molecule has 0 aliphatic heterocycles. The highest BCUT2D eigenvalue weighted by molar-refractivity contribution is 9.10. The van der Waals surface area contributed by atoms with Gasteiger partial charge in [0.15, 0.2) is 0 Å². The molecule has 0 bridgehead atoms. The molecule has 1 heterocycles. The maximum atomic E-state index is 3.64. The van der Waals surface area contributed by atoms with E-state index >= 15 is 0 Å². The first-order valence-corrected chi connectivity index (χ1v) is 8.37. The van der Waals surface area contributed by atoms with Gasteiger partial charge in [-0.2, -0.15) is 0 Å². The Morgan fingerprint density at radius 1 is 1.21 bits per heavy atom. The first-order valence-electron chi connectivity index (χ1n) is 6.70. The van der Waals surface area contributed by atoms with E-state index in [1.165, 1.54) is 20.5 Å². The molecule has 2 aromatic rings. The molecule has 0 saturated heterocycles. The Balaban J connectivity index is 2.15. The number of halogens is 1. The number of hydrogen-bond donors (Lipinski definition) is 1. The Morgan fingerprint density at radius 2 is 1.95 bits per heavy atom. The summed E-state index contributed by atoms with van der Waals surface area (Å²) in [4.78, 5) is 1.43. The van der Waals surface area contributed by atoms with E-state index < -0.39 is 0 Å². The molecule has 1 atom stereocenters. The molecule has 0 aliphatic rings. The Hall–Kier alpha value is -0.640. The van der Waals surface area contributed by atoms with Gasteiger partial charge in [0.1, 0.15) is 0 Å². The first-order chi connectivity index (χ1) is 9.20. The van der Waals surface area contributed by atoms with E-state index in [1.807, 2.05) is 11.3 Å². The number of benzene rings is 1. The molecule has 102 valence electrons. The van der Waals surface area contributed by atoms with Crippen molar-refractivity contribution in [2.24, 2.45) is 0 Å². The van der Waals surface area contributed by atoms with E-state index in [-0.39, 0.29) is 0 Å². The highest BCUT2D eigenvalue weighted by atomic mass is 79.9. The third-order valence-corrected chi connectivity index (χ3v) is 5.26. The van der Waals surface area contributed by atoms with Crippen LogP contribution in [-0.4, -0.2) is 13.1 Å². The van der Waals surface area contributed by atoms with Crippen LogP contribution >= 0.6 is 27.3 Å². The van der Waals surface area contributed by atoms with Crippen molar-refractivity contribution >= 4 is 27.3 Å². The molecule has 1 aromatic heterocycles. The smallest absolute Gasteiger partial charge is 0.0314 e.